The van der Waals surface area contributed by atoms with Gasteiger partial charge in [-0.3, -0.25) is 21.2 Å². The van der Waals surface area contributed by atoms with Gasteiger partial charge in [0.2, 0.25) is 0 Å². The number of nitrogens with zero attached hydrogens (tertiary/aromatic N) is 2. The van der Waals surface area contributed by atoms with Gasteiger partial charge in [0.05, 0.1) is 19.3 Å². The van der Waals surface area contributed by atoms with Crippen molar-refractivity contribution in [3.8, 4) is 0 Å². The van der Waals surface area contributed by atoms with Gasteiger partial charge in [-0.1, -0.05) is 12.8 Å². The lowest BCUT2D eigenvalue weighted by Crippen LogP contribution is -2.59. The molecule has 1 saturated carbocycles. The van der Waals surface area contributed by atoms with Gasteiger partial charge in [0.1, 0.15) is 0 Å². The van der Waals surface area contributed by atoms with Crippen molar-refractivity contribution in [2.45, 2.75) is 44.2 Å². The van der Waals surface area contributed by atoms with Crippen molar-refractivity contribution in [1.82, 2.24) is 15.3 Å². The van der Waals surface area contributed by atoms with Crippen molar-refractivity contribution >= 4 is 0 Å². The van der Waals surface area contributed by atoms with Crippen molar-refractivity contribution in [3.63, 3.8) is 0 Å². The number of hydrazine groups is 1. The van der Waals surface area contributed by atoms with Crippen LogP contribution in [0.4, 0.5) is 0 Å². The van der Waals surface area contributed by atoms with Crippen molar-refractivity contribution in [2.24, 2.45) is 5.84 Å². The average molecular weight is 290 g/mol. The predicted octanol–water partition coefficient (Wildman–Crippen LogP) is 1.54. The van der Waals surface area contributed by atoms with Crippen LogP contribution in [0.5, 0.6) is 0 Å². The molecule has 21 heavy (non-hydrogen) atoms. The van der Waals surface area contributed by atoms with Crippen molar-refractivity contribution in [3.05, 3.63) is 29.6 Å². The molecule has 1 aromatic rings. The molecular weight excluding hydrogens is 264 g/mol. The van der Waals surface area contributed by atoms with Crippen LogP contribution < -0.4 is 11.3 Å². The lowest BCUT2D eigenvalue weighted by atomic mass is 9.81. The van der Waals surface area contributed by atoms with Gasteiger partial charge in [0.25, 0.3) is 0 Å². The fraction of sp³-hybridized carbons (Fsp3) is 0.688. The Morgan fingerprint density at radius 2 is 2.05 bits per heavy atom. The monoisotopic (exact) mass is 290 g/mol. The molecule has 1 saturated heterocycles. The van der Waals surface area contributed by atoms with E-state index < -0.39 is 0 Å². The SMILES string of the molecule is Cc1ccncc1C(NN)C1(N2CCOCC2)CCCC1. The van der Waals surface area contributed by atoms with Gasteiger partial charge in [0, 0.05) is 31.0 Å². The van der Waals surface area contributed by atoms with Crippen molar-refractivity contribution in [2.75, 3.05) is 26.3 Å². The highest BCUT2D eigenvalue weighted by Crippen LogP contribution is 2.45. The standard InChI is InChI=1S/C16H26N4O/c1-13-4-7-18-12-14(13)15(19-17)16(5-2-3-6-16)20-8-10-21-11-9-20/h4,7,12,15,19H,2-3,5-6,8-11,17H2,1H3. The average Bonchev–Trinajstić information content (AvgIpc) is 3.01. The van der Waals surface area contributed by atoms with E-state index in [4.69, 9.17) is 10.6 Å². The van der Waals surface area contributed by atoms with Crippen LogP contribution in [0.25, 0.3) is 0 Å². The quantitative estimate of drug-likeness (QED) is 0.650. The Hall–Kier alpha value is -1.01. The maximum Gasteiger partial charge on any atom is 0.0661 e. The maximum atomic E-state index is 6.01. The van der Waals surface area contributed by atoms with Gasteiger partial charge in [-0.25, -0.2) is 0 Å². The van der Waals surface area contributed by atoms with Crippen LogP contribution in [0, 0.1) is 6.92 Å². The van der Waals surface area contributed by atoms with Gasteiger partial charge < -0.3 is 4.74 Å². The fourth-order valence-corrected chi connectivity index (χ4v) is 4.10. The number of hydrogen-bond acceptors (Lipinski definition) is 5. The first kappa shape index (κ1) is 14.9. The molecule has 1 aliphatic heterocycles. The Kier molecular flexibility index (Phi) is 4.54. The van der Waals surface area contributed by atoms with Crippen LogP contribution in [-0.4, -0.2) is 41.7 Å². The van der Waals surface area contributed by atoms with Crippen LogP contribution in [0.3, 0.4) is 0 Å². The Morgan fingerprint density at radius 3 is 2.67 bits per heavy atom. The minimum Gasteiger partial charge on any atom is -0.379 e. The number of nitrogens with two attached hydrogens (primary N) is 1. The van der Waals surface area contributed by atoms with E-state index in [9.17, 15) is 0 Å². The van der Waals surface area contributed by atoms with Crippen LogP contribution in [-0.2, 0) is 4.74 Å². The first-order chi connectivity index (χ1) is 10.3. The number of hydrogen-bond donors (Lipinski definition) is 2. The second kappa shape index (κ2) is 6.40. The largest absolute Gasteiger partial charge is 0.379 e. The van der Waals surface area contributed by atoms with E-state index in [1.54, 1.807) is 0 Å². The first-order valence-electron chi connectivity index (χ1n) is 7.97. The molecule has 5 nitrogen and oxygen atoms in total. The summed E-state index contributed by atoms with van der Waals surface area (Å²) in [6.07, 6.45) is 8.75. The predicted molar refractivity (Wildman–Crippen MR) is 82.6 cm³/mol. The van der Waals surface area contributed by atoms with Gasteiger partial charge in [0.15, 0.2) is 0 Å². The van der Waals surface area contributed by atoms with Gasteiger partial charge >= 0.3 is 0 Å². The third-order valence-electron chi connectivity index (χ3n) is 5.20. The van der Waals surface area contributed by atoms with Crippen molar-refractivity contribution < 1.29 is 4.74 Å². The van der Waals surface area contributed by atoms with Gasteiger partial charge in [-0.2, -0.15) is 0 Å². The molecule has 3 N–H and O–H groups in total. The van der Waals surface area contributed by atoms with Crippen LogP contribution >= 0.6 is 0 Å². The van der Waals surface area contributed by atoms with E-state index in [0.29, 0.717) is 0 Å². The topological polar surface area (TPSA) is 63.4 Å². The number of pyridine rings is 1. The van der Waals surface area contributed by atoms with E-state index >= 15 is 0 Å². The molecule has 0 radical (unpaired) electrons. The molecule has 0 aromatic carbocycles. The molecule has 0 bridgehead atoms. The zero-order valence-corrected chi connectivity index (χ0v) is 12.8. The minimum atomic E-state index is 0.103. The van der Waals surface area contributed by atoms with E-state index in [2.05, 4.69) is 28.3 Å². The molecule has 1 unspecified atom stereocenters. The molecular formula is C16H26N4O. The van der Waals surface area contributed by atoms with E-state index in [1.165, 1.54) is 36.8 Å². The lowest BCUT2D eigenvalue weighted by Gasteiger charge is -2.48. The number of ether oxygens (including phenoxy) is 1. The normalized spacial score (nSPS) is 24.1. The molecule has 0 spiro atoms. The minimum absolute atomic E-state index is 0.103. The molecule has 2 fully saturated rings. The second-order valence-corrected chi connectivity index (χ2v) is 6.24. The Labute approximate surface area is 126 Å². The molecule has 2 aliphatic rings. The van der Waals surface area contributed by atoms with Crippen LogP contribution in [0.2, 0.25) is 0 Å². The zero-order valence-electron chi connectivity index (χ0n) is 12.8. The Morgan fingerprint density at radius 1 is 1.33 bits per heavy atom. The number of morpholine rings is 1. The molecule has 3 rings (SSSR count). The molecule has 1 atom stereocenters. The number of aromatic nitrogens is 1. The fourth-order valence-electron chi connectivity index (χ4n) is 4.10. The smallest absolute Gasteiger partial charge is 0.0661 e. The Bertz CT molecular complexity index is 467. The van der Waals surface area contributed by atoms with Crippen molar-refractivity contribution in [1.29, 1.82) is 0 Å². The molecule has 5 heteroatoms. The summed E-state index contributed by atoms with van der Waals surface area (Å²) in [4.78, 5) is 6.92. The van der Waals surface area contributed by atoms with E-state index in [1.807, 2.05) is 12.4 Å². The molecule has 116 valence electrons. The number of rotatable bonds is 4. The summed E-state index contributed by atoms with van der Waals surface area (Å²) < 4.78 is 5.54. The van der Waals surface area contributed by atoms with E-state index in [-0.39, 0.29) is 11.6 Å². The highest BCUT2D eigenvalue weighted by atomic mass is 16.5. The summed E-state index contributed by atoms with van der Waals surface area (Å²) in [5.41, 5.74) is 5.71. The third-order valence-corrected chi connectivity index (χ3v) is 5.20. The first-order valence-corrected chi connectivity index (χ1v) is 7.97. The lowest BCUT2D eigenvalue weighted by molar-refractivity contribution is -0.0365. The Balaban J connectivity index is 1.96. The van der Waals surface area contributed by atoms with Gasteiger partial charge in [-0.05, 0) is 37.0 Å². The van der Waals surface area contributed by atoms with Gasteiger partial charge in [-0.15, -0.1) is 0 Å². The highest BCUT2D eigenvalue weighted by Gasteiger charge is 2.47. The summed E-state index contributed by atoms with van der Waals surface area (Å²) in [7, 11) is 0. The summed E-state index contributed by atoms with van der Waals surface area (Å²) in [6, 6.07) is 2.20. The molecule has 1 aromatic heterocycles. The number of aryl methyl sites for hydroxylation is 1. The van der Waals surface area contributed by atoms with Crippen LogP contribution in [0.15, 0.2) is 18.5 Å². The zero-order chi connectivity index (χ0) is 14.7. The summed E-state index contributed by atoms with van der Waals surface area (Å²) in [6.45, 7) is 5.79. The maximum absolute atomic E-state index is 6.01. The summed E-state index contributed by atoms with van der Waals surface area (Å²) in [5.74, 6) is 6.01. The molecule has 0 amide bonds. The van der Waals surface area contributed by atoms with Crippen LogP contribution in [0.1, 0.15) is 42.9 Å². The molecule has 2 heterocycles. The second-order valence-electron chi connectivity index (χ2n) is 6.24. The third kappa shape index (κ3) is 2.71. The summed E-state index contributed by atoms with van der Waals surface area (Å²) in [5, 5.41) is 0. The summed E-state index contributed by atoms with van der Waals surface area (Å²) >= 11 is 0. The number of nitrogens with one attached hydrogen (secondary N) is 1. The van der Waals surface area contributed by atoms with E-state index in [0.717, 1.165) is 26.3 Å². The molecule has 1 aliphatic carbocycles. The highest BCUT2D eigenvalue weighted by molar-refractivity contribution is 5.29.